The average molecular weight is 577 g/mol. The van der Waals surface area contributed by atoms with Gasteiger partial charge in [-0.15, -0.1) is 0 Å². The minimum Gasteiger partial charge on any atom is -0.310 e. The molecule has 0 saturated carbocycles. The van der Waals surface area contributed by atoms with E-state index in [1.807, 2.05) is 24.3 Å². The highest BCUT2D eigenvalue weighted by Crippen LogP contribution is 2.55. The Morgan fingerprint density at radius 1 is 0.455 bits per heavy atom. The molecule has 218 valence electrons. The highest BCUT2D eigenvalue weighted by atomic mass is 16.1. The number of carbonyl (C=O) groups is 2. The Kier molecular flexibility index (Phi) is 6.19. The molecular weight excluding hydrogens is 540 g/mol. The van der Waals surface area contributed by atoms with E-state index in [1.165, 1.54) is 22.3 Å². The van der Waals surface area contributed by atoms with Crippen LogP contribution < -0.4 is 9.80 Å². The molecule has 0 radical (unpaired) electrons. The number of nitrogens with zero attached hydrogens (tertiary/aromatic N) is 2. The number of rotatable bonds is 4. The maximum absolute atomic E-state index is 12.6. The summed E-state index contributed by atoms with van der Waals surface area (Å²) in [6.07, 6.45) is 0. The summed E-state index contributed by atoms with van der Waals surface area (Å²) in [6.45, 7) is 12.3. The molecule has 0 bridgehead atoms. The van der Waals surface area contributed by atoms with Gasteiger partial charge in [-0.05, 0) is 78.6 Å². The molecule has 44 heavy (non-hydrogen) atoms. The molecule has 0 atom stereocenters. The van der Waals surface area contributed by atoms with Crippen molar-refractivity contribution in [2.45, 2.75) is 52.4 Å². The fraction of sp³-hybridized carbons (Fsp3) is 0.200. The van der Waals surface area contributed by atoms with Crippen molar-refractivity contribution in [3.8, 4) is 0 Å². The number of ketones is 2. The van der Waals surface area contributed by atoms with E-state index < -0.39 is 0 Å². The molecule has 0 unspecified atom stereocenters. The lowest BCUT2D eigenvalue weighted by Crippen LogP contribution is -2.31. The third kappa shape index (κ3) is 4.05. The lowest BCUT2D eigenvalue weighted by atomic mass is 9.73. The van der Waals surface area contributed by atoms with Gasteiger partial charge in [0.15, 0.2) is 11.6 Å². The maximum Gasteiger partial charge on any atom is 0.159 e. The third-order valence-electron chi connectivity index (χ3n) is 9.62. The summed E-state index contributed by atoms with van der Waals surface area (Å²) in [7, 11) is 0. The van der Waals surface area contributed by atoms with Crippen LogP contribution in [0.4, 0.5) is 34.1 Å². The Balaban J connectivity index is 1.47. The molecule has 2 aliphatic rings. The molecule has 2 heterocycles. The van der Waals surface area contributed by atoms with Gasteiger partial charge in [-0.25, -0.2) is 0 Å². The van der Waals surface area contributed by atoms with Gasteiger partial charge in [-0.2, -0.15) is 0 Å². The maximum atomic E-state index is 12.6. The van der Waals surface area contributed by atoms with Gasteiger partial charge in [0.1, 0.15) is 0 Å². The van der Waals surface area contributed by atoms with E-state index in [0.717, 1.165) is 34.1 Å². The van der Waals surface area contributed by atoms with Crippen LogP contribution in [0.25, 0.3) is 0 Å². The second-order valence-electron chi connectivity index (χ2n) is 13.1. The van der Waals surface area contributed by atoms with Gasteiger partial charge in [-0.1, -0.05) is 94.4 Å². The van der Waals surface area contributed by atoms with Crippen LogP contribution in [0.3, 0.4) is 0 Å². The number of hydrogen-bond acceptors (Lipinski definition) is 4. The van der Waals surface area contributed by atoms with Crippen LogP contribution >= 0.6 is 0 Å². The number of hydrogen-bond donors (Lipinski definition) is 0. The molecule has 4 heteroatoms. The number of fused-ring (bicyclic) bond motifs is 4. The number of benzene rings is 5. The minimum atomic E-state index is -0.241. The molecule has 7 rings (SSSR count). The zero-order valence-electron chi connectivity index (χ0n) is 26.1. The van der Waals surface area contributed by atoms with Gasteiger partial charge in [0.05, 0.1) is 22.7 Å². The van der Waals surface area contributed by atoms with Crippen molar-refractivity contribution < 1.29 is 9.59 Å². The van der Waals surface area contributed by atoms with Crippen molar-refractivity contribution in [3.63, 3.8) is 0 Å². The van der Waals surface area contributed by atoms with Crippen LogP contribution in [0, 0.1) is 0 Å². The number of carbonyl (C=O) groups excluding carboxylic acids is 2. The predicted molar refractivity (Wildman–Crippen MR) is 180 cm³/mol. The van der Waals surface area contributed by atoms with Gasteiger partial charge in [0.25, 0.3) is 0 Å². The summed E-state index contributed by atoms with van der Waals surface area (Å²) < 4.78 is 0. The first kappa shape index (κ1) is 27.8. The van der Waals surface area contributed by atoms with Crippen molar-refractivity contribution in [2.24, 2.45) is 0 Å². The monoisotopic (exact) mass is 576 g/mol. The molecule has 5 aromatic rings. The summed E-state index contributed by atoms with van der Waals surface area (Å²) in [5.41, 5.74) is 11.9. The minimum absolute atomic E-state index is 0.0450. The summed E-state index contributed by atoms with van der Waals surface area (Å²) in [5, 5.41) is 0. The molecule has 0 aromatic heterocycles. The Morgan fingerprint density at radius 2 is 0.841 bits per heavy atom. The molecule has 2 aliphatic heterocycles. The third-order valence-corrected chi connectivity index (χ3v) is 9.62. The first-order chi connectivity index (χ1) is 21.0. The Hall–Kier alpha value is -4.96. The molecule has 5 aromatic carbocycles. The van der Waals surface area contributed by atoms with Gasteiger partial charge in [0, 0.05) is 33.3 Å². The van der Waals surface area contributed by atoms with Crippen LogP contribution in [0.15, 0.2) is 109 Å². The SMILES string of the molecule is CC(=O)c1ccc2c(c1)N(c1cccc(N3c4ccccc4C(C)(C)c4ccc(C(C)=O)cc43)c1)c1ccccc1C2(C)C. The zero-order valence-corrected chi connectivity index (χ0v) is 26.1. The van der Waals surface area contributed by atoms with E-state index in [4.69, 9.17) is 0 Å². The van der Waals surface area contributed by atoms with E-state index in [1.54, 1.807) is 13.8 Å². The standard InChI is InChI=1S/C40H36N2O2/c1-25(43)27-18-20-33-37(22-27)41(35-16-9-7-14-31(35)39(33,3)4)29-12-11-13-30(24-29)42-36-17-10-8-15-32(36)40(5,6)34-21-19-28(26(2)44)23-38(34)42/h7-24H,1-6H3. The fourth-order valence-electron chi connectivity index (χ4n) is 7.20. The van der Waals surface area contributed by atoms with Crippen molar-refractivity contribution in [2.75, 3.05) is 9.80 Å². The van der Waals surface area contributed by atoms with Crippen LogP contribution in [-0.4, -0.2) is 11.6 Å². The first-order valence-electron chi connectivity index (χ1n) is 15.2. The molecule has 0 aliphatic carbocycles. The highest BCUT2D eigenvalue weighted by Gasteiger charge is 2.39. The number of para-hydroxylation sites is 2. The summed E-state index contributed by atoms with van der Waals surface area (Å²) in [6, 6.07) is 37.9. The normalized spacial score (nSPS) is 15.5. The van der Waals surface area contributed by atoms with Crippen molar-refractivity contribution >= 4 is 45.7 Å². The molecule has 0 N–H and O–H groups in total. The van der Waals surface area contributed by atoms with Crippen LogP contribution in [0.2, 0.25) is 0 Å². The average Bonchev–Trinajstić information content (AvgIpc) is 3.01. The topological polar surface area (TPSA) is 40.6 Å². The second kappa shape index (κ2) is 9.78. The zero-order chi connectivity index (χ0) is 31.0. The smallest absolute Gasteiger partial charge is 0.159 e. The molecule has 0 saturated heterocycles. The molecular formula is C40H36N2O2. The van der Waals surface area contributed by atoms with Crippen LogP contribution in [0.1, 0.15) is 84.5 Å². The van der Waals surface area contributed by atoms with Gasteiger partial charge < -0.3 is 9.80 Å². The Bertz CT molecular complexity index is 1860. The molecule has 0 spiro atoms. The largest absolute Gasteiger partial charge is 0.310 e. The van der Waals surface area contributed by atoms with E-state index in [0.29, 0.717) is 11.1 Å². The van der Waals surface area contributed by atoms with Crippen molar-refractivity contribution in [3.05, 3.63) is 143 Å². The van der Waals surface area contributed by atoms with E-state index in [2.05, 4.69) is 122 Å². The Morgan fingerprint density at radius 3 is 1.25 bits per heavy atom. The number of anilines is 6. The molecule has 0 fully saturated rings. The van der Waals surface area contributed by atoms with E-state index in [-0.39, 0.29) is 22.4 Å². The van der Waals surface area contributed by atoms with Crippen LogP contribution in [-0.2, 0) is 10.8 Å². The van der Waals surface area contributed by atoms with E-state index >= 15 is 0 Å². The van der Waals surface area contributed by atoms with Gasteiger partial charge >= 0.3 is 0 Å². The summed E-state index contributed by atoms with van der Waals surface area (Å²) in [4.78, 5) is 29.7. The highest BCUT2D eigenvalue weighted by molar-refractivity contribution is 5.99. The summed E-state index contributed by atoms with van der Waals surface area (Å²) in [5.74, 6) is 0.0900. The van der Waals surface area contributed by atoms with Gasteiger partial charge in [-0.3, -0.25) is 9.59 Å². The number of Topliss-reactive ketones (excluding diaryl/α,β-unsaturated/α-hetero) is 2. The molecule has 4 nitrogen and oxygen atoms in total. The Labute approximate surface area is 259 Å². The molecule has 0 amide bonds. The van der Waals surface area contributed by atoms with Crippen molar-refractivity contribution in [1.82, 2.24) is 0 Å². The van der Waals surface area contributed by atoms with Gasteiger partial charge in [0.2, 0.25) is 0 Å². The lowest BCUT2D eigenvalue weighted by molar-refractivity contribution is 0.100. The predicted octanol–water partition coefficient (Wildman–Crippen LogP) is 10.3. The second-order valence-corrected chi connectivity index (χ2v) is 13.1. The first-order valence-corrected chi connectivity index (χ1v) is 15.2. The van der Waals surface area contributed by atoms with Crippen LogP contribution in [0.5, 0.6) is 0 Å². The van der Waals surface area contributed by atoms with Crippen molar-refractivity contribution in [1.29, 1.82) is 0 Å². The lowest BCUT2D eigenvalue weighted by Gasteiger charge is -2.43. The fourth-order valence-corrected chi connectivity index (χ4v) is 7.20. The van der Waals surface area contributed by atoms with E-state index in [9.17, 15) is 9.59 Å². The quantitative estimate of drug-likeness (QED) is 0.200. The summed E-state index contributed by atoms with van der Waals surface area (Å²) >= 11 is 0.